The lowest BCUT2D eigenvalue weighted by Crippen LogP contribution is -2.02. The van der Waals surface area contributed by atoms with Gasteiger partial charge < -0.3 is 9.47 Å². The largest absolute Gasteiger partial charge is 0.496 e. The lowest BCUT2D eigenvalue weighted by Gasteiger charge is -2.06. The molecule has 0 amide bonds. The van der Waals surface area contributed by atoms with Gasteiger partial charge in [-0.1, -0.05) is 6.58 Å². The van der Waals surface area contributed by atoms with Gasteiger partial charge in [-0.05, 0) is 13.3 Å². The van der Waals surface area contributed by atoms with Gasteiger partial charge in [0.05, 0.1) is 6.61 Å². The molecule has 0 spiro atoms. The van der Waals surface area contributed by atoms with E-state index in [2.05, 4.69) is 6.58 Å². The Kier molecular flexibility index (Phi) is 7.74. The fraction of sp³-hybridized carbons (Fsp3) is 0.750. The Morgan fingerprint density at radius 1 is 1.55 bits per heavy atom. The standard InChI is InChI=1S/C8H15ClO2/c1-3-11-8(2)7-10-6-4-5-9/h2-7H2,1H3. The van der Waals surface area contributed by atoms with Crippen molar-refractivity contribution in [3.05, 3.63) is 12.3 Å². The molecule has 0 rings (SSSR count). The van der Waals surface area contributed by atoms with Gasteiger partial charge in [0.1, 0.15) is 12.4 Å². The summed E-state index contributed by atoms with van der Waals surface area (Å²) in [4.78, 5) is 0. The summed E-state index contributed by atoms with van der Waals surface area (Å²) < 4.78 is 10.2. The van der Waals surface area contributed by atoms with Crippen LogP contribution >= 0.6 is 11.6 Å². The first-order valence-electron chi connectivity index (χ1n) is 3.75. The molecule has 0 heterocycles. The van der Waals surface area contributed by atoms with Crippen LogP contribution in [0.25, 0.3) is 0 Å². The maximum absolute atomic E-state index is 5.44. The minimum absolute atomic E-state index is 0.477. The van der Waals surface area contributed by atoms with E-state index in [1.807, 2.05) is 6.92 Å². The molecule has 0 atom stereocenters. The van der Waals surface area contributed by atoms with Gasteiger partial charge in [-0.25, -0.2) is 0 Å². The number of hydrogen-bond acceptors (Lipinski definition) is 2. The Bertz CT molecular complexity index is 104. The third kappa shape index (κ3) is 7.69. The molecule has 0 aromatic heterocycles. The first kappa shape index (κ1) is 10.8. The quantitative estimate of drug-likeness (QED) is 0.338. The zero-order valence-corrected chi connectivity index (χ0v) is 7.69. The summed E-state index contributed by atoms with van der Waals surface area (Å²) in [6.07, 6.45) is 0.876. The average molecular weight is 179 g/mol. The Labute approximate surface area is 73.1 Å². The Hall–Kier alpha value is -0.210. The molecule has 0 aliphatic heterocycles. The molecule has 11 heavy (non-hydrogen) atoms. The molecule has 0 saturated carbocycles. The maximum Gasteiger partial charge on any atom is 0.114 e. The maximum atomic E-state index is 5.44. The Morgan fingerprint density at radius 2 is 2.27 bits per heavy atom. The number of ether oxygens (including phenoxy) is 2. The average Bonchev–Trinajstić information content (AvgIpc) is 1.99. The van der Waals surface area contributed by atoms with Crippen molar-refractivity contribution in [2.45, 2.75) is 13.3 Å². The van der Waals surface area contributed by atoms with Crippen molar-refractivity contribution >= 4 is 11.6 Å². The third-order valence-corrected chi connectivity index (χ3v) is 1.30. The fourth-order valence-electron chi connectivity index (χ4n) is 0.588. The topological polar surface area (TPSA) is 18.5 Å². The molecule has 0 bridgehead atoms. The van der Waals surface area contributed by atoms with Crippen molar-refractivity contribution in [3.63, 3.8) is 0 Å². The van der Waals surface area contributed by atoms with Gasteiger partial charge >= 0.3 is 0 Å². The molecule has 0 aromatic carbocycles. The Morgan fingerprint density at radius 3 is 2.82 bits per heavy atom. The molecule has 2 nitrogen and oxygen atoms in total. The first-order chi connectivity index (χ1) is 5.31. The summed E-state index contributed by atoms with van der Waals surface area (Å²) >= 11 is 5.44. The van der Waals surface area contributed by atoms with Gasteiger partial charge in [-0.2, -0.15) is 0 Å². The van der Waals surface area contributed by atoms with E-state index in [0.717, 1.165) is 6.42 Å². The highest BCUT2D eigenvalue weighted by Crippen LogP contribution is 1.95. The molecule has 0 aromatic rings. The van der Waals surface area contributed by atoms with E-state index in [1.165, 1.54) is 0 Å². The number of hydrogen-bond donors (Lipinski definition) is 0. The van der Waals surface area contributed by atoms with E-state index in [1.54, 1.807) is 0 Å². The molecule has 3 heteroatoms. The summed E-state index contributed by atoms with van der Waals surface area (Å²) in [6, 6.07) is 0. The van der Waals surface area contributed by atoms with Gasteiger partial charge in [0.2, 0.25) is 0 Å². The minimum atomic E-state index is 0.477. The number of halogens is 1. The zero-order valence-electron chi connectivity index (χ0n) is 6.94. The van der Waals surface area contributed by atoms with Gasteiger partial charge in [-0.3, -0.25) is 0 Å². The predicted octanol–water partition coefficient (Wildman–Crippen LogP) is 2.18. The first-order valence-corrected chi connectivity index (χ1v) is 4.29. The monoisotopic (exact) mass is 178 g/mol. The van der Waals surface area contributed by atoms with E-state index in [-0.39, 0.29) is 0 Å². The van der Waals surface area contributed by atoms with Crippen LogP contribution in [0.2, 0.25) is 0 Å². The van der Waals surface area contributed by atoms with Crippen molar-refractivity contribution in [1.82, 2.24) is 0 Å². The molecular weight excluding hydrogens is 164 g/mol. The molecule has 0 aliphatic rings. The van der Waals surface area contributed by atoms with E-state index >= 15 is 0 Å². The van der Waals surface area contributed by atoms with Crippen LogP contribution in [0.15, 0.2) is 12.3 Å². The summed E-state index contributed by atoms with van der Waals surface area (Å²) in [7, 11) is 0. The van der Waals surface area contributed by atoms with E-state index < -0.39 is 0 Å². The lowest BCUT2D eigenvalue weighted by molar-refractivity contribution is 0.103. The summed E-state index contributed by atoms with van der Waals surface area (Å²) in [5, 5.41) is 0. The van der Waals surface area contributed by atoms with Crippen LogP contribution < -0.4 is 0 Å². The van der Waals surface area contributed by atoms with E-state index in [0.29, 0.717) is 31.5 Å². The van der Waals surface area contributed by atoms with Gasteiger partial charge in [0.15, 0.2) is 0 Å². The lowest BCUT2D eigenvalue weighted by atomic mass is 10.5. The molecule has 0 radical (unpaired) electrons. The summed E-state index contributed by atoms with van der Waals surface area (Å²) in [6.45, 7) is 7.39. The van der Waals surface area contributed by atoms with E-state index in [4.69, 9.17) is 21.1 Å². The fourth-order valence-corrected chi connectivity index (χ4v) is 0.698. The third-order valence-electron chi connectivity index (χ3n) is 1.03. The SMILES string of the molecule is C=C(COCCCCl)OCC. The second kappa shape index (κ2) is 7.89. The molecule has 0 fully saturated rings. The number of alkyl halides is 1. The smallest absolute Gasteiger partial charge is 0.114 e. The molecule has 0 saturated heterocycles. The van der Waals surface area contributed by atoms with Crippen LogP contribution in [0.4, 0.5) is 0 Å². The summed E-state index contributed by atoms with van der Waals surface area (Å²) in [5.74, 6) is 1.32. The van der Waals surface area contributed by atoms with Crippen LogP contribution in [0.5, 0.6) is 0 Å². The Balaban J connectivity index is 3.04. The number of rotatable bonds is 7. The predicted molar refractivity (Wildman–Crippen MR) is 46.9 cm³/mol. The van der Waals surface area contributed by atoms with Crippen molar-refractivity contribution in [2.75, 3.05) is 25.7 Å². The van der Waals surface area contributed by atoms with Crippen LogP contribution in [-0.2, 0) is 9.47 Å². The highest BCUT2D eigenvalue weighted by molar-refractivity contribution is 6.17. The molecular formula is C8H15ClO2. The highest BCUT2D eigenvalue weighted by atomic mass is 35.5. The van der Waals surface area contributed by atoms with Gasteiger partial charge in [-0.15, -0.1) is 11.6 Å². The van der Waals surface area contributed by atoms with Crippen molar-refractivity contribution in [1.29, 1.82) is 0 Å². The minimum Gasteiger partial charge on any atom is -0.496 e. The van der Waals surface area contributed by atoms with Gasteiger partial charge in [0, 0.05) is 12.5 Å². The van der Waals surface area contributed by atoms with Gasteiger partial charge in [0.25, 0.3) is 0 Å². The van der Waals surface area contributed by atoms with E-state index in [9.17, 15) is 0 Å². The summed E-state index contributed by atoms with van der Waals surface area (Å²) in [5.41, 5.74) is 0. The normalized spacial score (nSPS) is 9.64. The van der Waals surface area contributed by atoms with Crippen LogP contribution in [0.1, 0.15) is 13.3 Å². The van der Waals surface area contributed by atoms with Crippen LogP contribution in [0, 0.1) is 0 Å². The zero-order chi connectivity index (χ0) is 8.53. The second-order valence-corrected chi connectivity index (χ2v) is 2.44. The van der Waals surface area contributed by atoms with Crippen LogP contribution in [-0.4, -0.2) is 25.7 Å². The molecule has 0 unspecified atom stereocenters. The molecule has 0 aliphatic carbocycles. The molecule has 66 valence electrons. The highest BCUT2D eigenvalue weighted by Gasteiger charge is 1.92. The van der Waals surface area contributed by atoms with Crippen LogP contribution in [0.3, 0.4) is 0 Å². The van der Waals surface area contributed by atoms with Crippen molar-refractivity contribution < 1.29 is 9.47 Å². The second-order valence-electron chi connectivity index (χ2n) is 2.07. The molecule has 0 N–H and O–H groups in total. The van der Waals surface area contributed by atoms with Crippen molar-refractivity contribution in [3.8, 4) is 0 Å². The van der Waals surface area contributed by atoms with Crippen molar-refractivity contribution in [2.24, 2.45) is 0 Å².